The van der Waals surface area contributed by atoms with E-state index in [0.717, 1.165) is 23.8 Å². The highest BCUT2D eigenvalue weighted by Crippen LogP contribution is 2.30. The number of amides is 1. The molecule has 0 bridgehead atoms. The third kappa shape index (κ3) is 5.96. The molecule has 1 heterocycles. The number of benzene rings is 2. The van der Waals surface area contributed by atoms with E-state index in [1.54, 1.807) is 24.3 Å². The van der Waals surface area contributed by atoms with E-state index in [4.69, 9.17) is 9.47 Å². The minimum atomic E-state index is -0.358. The van der Waals surface area contributed by atoms with Crippen LogP contribution in [0.4, 0.5) is 4.39 Å². The molecule has 1 N–H and O–H groups in total. The molecule has 1 amide bonds. The second kappa shape index (κ2) is 11.6. The van der Waals surface area contributed by atoms with Crippen LogP contribution >= 0.6 is 11.3 Å². The topological polar surface area (TPSA) is 77.0 Å². The lowest BCUT2D eigenvalue weighted by Gasteiger charge is -2.09. The summed E-state index contributed by atoms with van der Waals surface area (Å²) in [6.07, 6.45) is 2.54. The molecule has 6 nitrogen and oxygen atoms in total. The number of nitrogens with one attached hydrogen (secondary N) is 1. The number of hydrazone groups is 1. The predicted molar refractivity (Wildman–Crippen MR) is 129 cm³/mol. The molecule has 33 heavy (non-hydrogen) atoms. The highest BCUT2D eigenvalue weighted by atomic mass is 32.1. The Morgan fingerprint density at radius 3 is 2.58 bits per heavy atom. The molecule has 3 aromatic rings. The van der Waals surface area contributed by atoms with Crippen LogP contribution in [-0.4, -0.2) is 31.6 Å². The number of Topliss-reactive ketones (excluding diaryl/α,β-unsaturated/α-hetero) is 1. The number of ether oxygens (including phenoxy) is 2. The fraction of sp³-hybridized carbons (Fsp3) is 0.320. The third-order valence-corrected chi connectivity index (χ3v) is 6.23. The Kier molecular flexibility index (Phi) is 8.54. The largest absolute Gasteiger partial charge is 0.493 e. The number of carbonyl (C=O) groups is 2. The first kappa shape index (κ1) is 24.4. The lowest BCUT2D eigenvalue weighted by atomic mass is 10.0. The third-order valence-electron chi connectivity index (χ3n) is 5.23. The van der Waals surface area contributed by atoms with Gasteiger partial charge in [0.2, 0.25) is 5.91 Å². The number of fused-ring (bicyclic) bond motifs is 1. The molecule has 0 radical (unpaired) electrons. The van der Waals surface area contributed by atoms with Gasteiger partial charge in [0.05, 0.1) is 24.6 Å². The van der Waals surface area contributed by atoms with Gasteiger partial charge in [-0.05, 0) is 37.1 Å². The molecule has 0 atom stereocenters. The number of thiophene rings is 1. The molecular weight excluding hydrogens is 443 g/mol. The molecular formula is C25H27FN2O4S. The van der Waals surface area contributed by atoms with Crippen LogP contribution in [0.3, 0.4) is 0 Å². The molecule has 1 aromatic heterocycles. The molecule has 8 heteroatoms. The van der Waals surface area contributed by atoms with E-state index < -0.39 is 0 Å². The minimum absolute atomic E-state index is 0.00323. The monoisotopic (exact) mass is 470 g/mol. The molecule has 0 unspecified atom stereocenters. The van der Waals surface area contributed by atoms with Crippen molar-refractivity contribution in [3.05, 3.63) is 58.7 Å². The smallest absolute Gasteiger partial charge is 0.240 e. The molecule has 0 saturated heterocycles. The van der Waals surface area contributed by atoms with Gasteiger partial charge in [0.25, 0.3) is 0 Å². The lowest BCUT2D eigenvalue weighted by molar-refractivity contribution is -0.121. The minimum Gasteiger partial charge on any atom is -0.493 e. The van der Waals surface area contributed by atoms with Gasteiger partial charge in [-0.2, -0.15) is 5.10 Å². The first-order valence-corrected chi connectivity index (χ1v) is 11.6. The van der Waals surface area contributed by atoms with Crippen molar-refractivity contribution in [1.82, 2.24) is 5.43 Å². The standard InChI is InChI=1S/C25H27FN2O4S/c1-4-5-9-20(18-15-33-25-17(18)7-6-8-19(25)26)27-28-24(30)13-11-21(29)16-10-12-22(31-2)23(14-16)32-3/h6-8,10,12,14-15H,4-5,9,11,13H2,1-3H3,(H,28,30)/b27-20+. The van der Waals surface area contributed by atoms with Crippen LogP contribution in [0.15, 0.2) is 46.9 Å². The van der Waals surface area contributed by atoms with E-state index >= 15 is 0 Å². The normalized spacial score (nSPS) is 11.5. The van der Waals surface area contributed by atoms with Gasteiger partial charge in [0.1, 0.15) is 5.82 Å². The highest BCUT2D eigenvalue weighted by molar-refractivity contribution is 7.17. The quantitative estimate of drug-likeness (QED) is 0.221. The molecule has 0 aliphatic rings. The van der Waals surface area contributed by atoms with E-state index in [9.17, 15) is 14.0 Å². The number of methoxy groups -OCH3 is 2. The maximum Gasteiger partial charge on any atom is 0.240 e. The second-order valence-electron chi connectivity index (χ2n) is 7.46. The molecule has 3 rings (SSSR count). The Bertz CT molecular complexity index is 1170. The first-order valence-electron chi connectivity index (χ1n) is 10.7. The SMILES string of the molecule is CCCC/C(=N\NC(=O)CCC(=O)c1ccc(OC)c(OC)c1)c1csc2c(F)cccc12. The van der Waals surface area contributed by atoms with E-state index in [0.29, 0.717) is 33.9 Å². The number of unbranched alkanes of at least 4 members (excludes halogenated alkanes) is 1. The predicted octanol–water partition coefficient (Wildman–Crippen LogP) is 5.73. The summed E-state index contributed by atoms with van der Waals surface area (Å²) in [7, 11) is 3.02. The summed E-state index contributed by atoms with van der Waals surface area (Å²) in [6, 6.07) is 9.86. The molecule has 174 valence electrons. The van der Waals surface area contributed by atoms with Crippen LogP contribution < -0.4 is 14.9 Å². The average Bonchev–Trinajstić information content (AvgIpc) is 3.27. The zero-order chi connectivity index (χ0) is 23.8. The molecule has 0 aliphatic carbocycles. The van der Waals surface area contributed by atoms with E-state index in [1.807, 2.05) is 11.4 Å². The summed E-state index contributed by atoms with van der Waals surface area (Å²) in [4.78, 5) is 24.9. The number of halogens is 1. The maximum atomic E-state index is 14.1. The Balaban J connectivity index is 1.67. The van der Waals surface area contributed by atoms with Crippen LogP contribution in [0.5, 0.6) is 11.5 Å². The van der Waals surface area contributed by atoms with Gasteiger partial charge in [-0.25, -0.2) is 9.82 Å². The molecule has 2 aromatic carbocycles. The number of rotatable bonds is 11. The van der Waals surface area contributed by atoms with E-state index in [2.05, 4.69) is 17.5 Å². The van der Waals surface area contributed by atoms with Crippen molar-refractivity contribution in [3.63, 3.8) is 0 Å². The first-order chi connectivity index (χ1) is 16.0. The van der Waals surface area contributed by atoms with Gasteiger partial charge < -0.3 is 9.47 Å². The van der Waals surface area contributed by atoms with Crippen molar-refractivity contribution in [3.8, 4) is 11.5 Å². The summed E-state index contributed by atoms with van der Waals surface area (Å²) in [6.45, 7) is 2.07. The van der Waals surface area contributed by atoms with Gasteiger partial charge in [0.15, 0.2) is 17.3 Å². The number of hydrogen-bond acceptors (Lipinski definition) is 6. The molecule has 0 spiro atoms. The number of ketones is 1. The Morgan fingerprint density at radius 2 is 1.85 bits per heavy atom. The lowest BCUT2D eigenvalue weighted by Crippen LogP contribution is -2.21. The summed E-state index contributed by atoms with van der Waals surface area (Å²) in [5, 5.41) is 6.99. The fourth-order valence-electron chi connectivity index (χ4n) is 3.41. The highest BCUT2D eigenvalue weighted by Gasteiger charge is 2.15. The van der Waals surface area contributed by atoms with Gasteiger partial charge in [-0.15, -0.1) is 11.3 Å². The van der Waals surface area contributed by atoms with Crippen molar-refractivity contribution in [2.24, 2.45) is 5.10 Å². The van der Waals surface area contributed by atoms with Crippen LogP contribution in [0.25, 0.3) is 10.1 Å². The van der Waals surface area contributed by atoms with Gasteiger partial charge in [0, 0.05) is 34.7 Å². The van der Waals surface area contributed by atoms with Gasteiger partial charge in [-0.1, -0.05) is 25.5 Å². The van der Waals surface area contributed by atoms with Gasteiger partial charge in [-0.3, -0.25) is 9.59 Å². The Labute approximate surface area is 196 Å². The van der Waals surface area contributed by atoms with E-state index in [1.165, 1.54) is 31.6 Å². The van der Waals surface area contributed by atoms with Gasteiger partial charge >= 0.3 is 0 Å². The zero-order valence-electron chi connectivity index (χ0n) is 18.9. The molecule has 0 aliphatic heterocycles. The molecule has 0 fully saturated rings. The maximum absolute atomic E-state index is 14.1. The van der Waals surface area contributed by atoms with Crippen molar-refractivity contribution < 1.29 is 23.5 Å². The molecule has 0 saturated carbocycles. The van der Waals surface area contributed by atoms with Crippen molar-refractivity contribution in [2.45, 2.75) is 39.0 Å². The average molecular weight is 471 g/mol. The number of hydrogen-bond donors (Lipinski definition) is 1. The summed E-state index contributed by atoms with van der Waals surface area (Å²) in [5.41, 5.74) is 4.54. The zero-order valence-corrected chi connectivity index (χ0v) is 19.8. The Morgan fingerprint density at radius 1 is 1.06 bits per heavy atom. The van der Waals surface area contributed by atoms with Crippen molar-refractivity contribution in [2.75, 3.05) is 14.2 Å². The van der Waals surface area contributed by atoms with Crippen LogP contribution in [0, 0.1) is 5.82 Å². The second-order valence-corrected chi connectivity index (χ2v) is 8.34. The number of nitrogens with zero attached hydrogens (tertiary/aromatic N) is 1. The fourth-order valence-corrected chi connectivity index (χ4v) is 4.39. The summed E-state index contributed by atoms with van der Waals surface area (Å²) >= 11 is 1.32. The van der Waals surface area contributed by atoms with E-state index in [-0.39, 0.29) is 30.3 Å². The van der Waals surface area contributed by atoms with Crippen LogP contribution in [0.2, 0.25) is 0 Å². The summed E-state index contributed by atoms with van der Waals surface area (Å²) in [5.74, 6) is 0.180. The van der Waals surface area contributed by atoms with Crippen LogP contribution in [-0.2, 0) is 4.79 Å². The summed E-state index contributed by atoms with van der Waals surface area (Å²) < 4.78 is 25.1. The van der Waals surface area contributed by atoms with Crippen LogP contribution in [0.1, 0.15) is 54.9 Å². The Hall–Kier alpha value is -3.26. The number of carbonyl (C=O) groups excluding carboxylic acids is 2. The van der Waals surface area contributed by atoms with Crippen molar-refractivity contribution >= 4 is 38.8 Å². The van der Waals surface area contributed by atoms with Crippen molar-refractivity contribution in [1.29, 1.82) is 0 Å².